The van der Waals surface area contributed by atoms with Crippen LogP contribution in [0.25, 0.3) is 53.2 Å². The second kappa shape index (κ2) is 7.93. The van der Waals surface area contributed by atoms with E-state index in [1.165, 1.54) is 53.0 Å². The Balaban J connectivity index is 1.68. The van der Waals surface area contributed by atoms with Gasteiger partial charge in [0.15, 0.2) is 0 Å². The molecule has 0 aliphatic rings. The van der Waals surface area contributed by atoms with Crippen molar-refractivity contribution in [2.24, 2.45) is 5.92 Å². The zero-order valence-electron chi connectivity index (χ0n) is 21.3. The van der Waals surface area contributed by atoms with E-state index in [0.717, 1.165) is 23.5 Å². The highest BCUT2D eigenvalue weighted by Crippen LogP contribution is 2.45. The summed E-state index contributed by atoms with van der Waals surface area (Å²) in [7, 11) is 0. The maximum absolute atomic E-state index is 6.21. The molecule has 2 nitrogen and oxygen atoms in total. The fourth-order valence-electron chi connectivity index (χ4n) is 5.45. The number of pyridine rings is 1. The molecular weight excluding hydrogens is 446 g/mol. The van der Waals surface area contributed by atoms with Crippen LogP contribution in [-0.4, -0.2) is 4.98 Å². The molecule has 0 N–H and O–H groups in total. The van der Waals surface area contributed by atoms with Gasteiger partial charge >= 0.3 is 0 Å². The molecule has 0 aliphatic carbocycles. The maximum atomic E-state index is 6.21. The minimum absolute atomic E-state index is 0.0376. The number of furan rings is 1. The number of fused-ring (bicyclic) bond motifs is 6. The summed E-state index contributed by atoms with van der Waals surface area (Å²) in [6.07, 6.45) is 2.99. The van der Waals surface area contributed by atoms with E-state index in [4.69, 9.17) is 9.40 Å². The zero-order chi connectivity index (χ0) is 24.5. The Morgan fingerprint density at radius 3 is 2.46 bits per heavy atom. The highest BCUT2D eigenvalue weighted by Gasteiger charge is 2.22. The Bertz CT molecular complexity index is 1740. The molecule has 0 atom stereocenters. The van der Waals surface area contributed by atoms with Gasteiger partial charge in [-0.25, -0.2) is 0 Å². The molecule has 35 heavy (non-hydrogen) atoms. The van der Waals surface area contributed by atoms with E-state index >= 15 is 0 Å². The van der Waals surface area contributed by atoms with Crippen molar-refractivity contribution in [3.05, 3.63) is 77.7 Å². The van der Waals surface area contributed by atoms with Crippen molar-refractivity contribution in [3.63, 3.8) is 0 Å². The van der Waals surface area contributed by atoms with Crippen LogP contribution in [0.1, 0.15) is 51.5 Å². The molecule has 6 aromatic rings. The summed E-state index contributed by atoms with van der Waals surface area (Å²) in [5.74, 6) is 1.62. The number of nitrogens with zero attached hydrogens (tertiary/aromatic N) is 1. The van der Waals surface area contributed by atoms with E-state index in [9.17, 15) is 0 Å². The smallest absolute Gasteiger partial charge is 0.136 e. The van der Waals surface area contributed by atoms with Crippen LogP contribution in [0.5, 0.6) is 0 Å². The predicted octanol–water partition coefficient (Wildman–Crippen LogP) is 9.82. The fraction of sp³-hybridized carbons (Fsp3) is 0.281. The summed E-state index contributed by atoms with van der Waals surface area (Å²) in [6.45, 7) is 13.5. The van der Waals surface area contributed by atoms with Crippen molar-refractivity contribution in [2.45, 2.75) is 53.4 Å². The first kappa shape index (κ1) is 22.3. The predicted molar refractivity (Wildman–Crippen MR) is 152 cm³/mol. The van der Waals surface area contributed by atoms with Gasteiger partial charge in [-0.05, 0) is 71.3 Å². The van der Waals surface area contributed by atoms with E-state index in [1.807, 2.05) is 17.5 Å². The van der Waals surface area contributed by atoms with E-state index in [1.54, 1.807) is 0 Å². The number of aryl methyl sites for hydroxylation is 1. The summed E-state index contributed by atoms with van der Waals surface area (Å²) in [5.41, 5.74) is 5.99. The molecule has 0 amide bonds. The lowest BCUT2D eigenvalue weighted by molar-refractivity contribution is 0.560. The summed E-state index contributed by atoms with van der Waals surface area (Å²) in [6, 6.07) is 19.9. The monoisotopic (exact) mass is 477 g/mol. The number of hydrogen-bond acceptors (Lipinski definition) is 3. The summed E-state index contributed by atoms with van der Waals surface area (Å²) in [4.78, 5) is 4.95. The molecule has 0 aliphatic heterocycles. The Morgan fingerprint density at radius 2 is 1.69 bits per heavy atom. The van der Waals surface area contributed by atoms with Gasteiger partial charge in [0.1, 0.15) is 11.3 Å². The third-order valence-corrected chi connectivity index (χ3v) is 8.31. The number of benzene rings is 3. The average Bonchev–Trinajstić information content (AvgIpc) is 3.34. The lowest BCUT2D eigenvalue weighted by atomic mass is 9.82. The molecule has 0 saturated heterocycles. The number of aromatic nitrogens is 1. The minimum atomic E-state index is 0.0376. The summed E-state index contributed by atoms with van der Waals surface area (Å²) < 4.78 is 8.78. The van der Waals surface area contributed by atoms with Crippen molar-refractivity contribution < 1.29 is 4.42 Å². The average molecular weight is 478 g/mol. The van der Waals surface area contributed by atoms with Crippen LogP contribution in [0.4, 0.5) is 0 Å². The van der Waals surface area contributed by atoms with Crippen LogP contribution in [0.3, 0.4) is 0 Å². The molecule has 3 heteroatoms. The molecule has 3 aromatic heterocycles. The second-order valence-corrected chi connectivity index (χ2v) is 12.2. The number of thiophene rings is 1. The van der Waals surface area contributed by atoms with E-state index in [2.05, 4.69) is 96.1 Å². The van der Waals surface area contributed by atoms with Crippen molar-refractivity contribution in [2.75, 3.05) is 0 Å². The molecule has 6 rings (SSSR count). The van der Waals surface area contributed by atoms with Crippen LogP contribution >= 0.6 is 11.3 Å². The van der Waals surface area contributed by atoms with Crippen molar-refractivity contribution in [1.29, 1.82) is 0 Å². The highest BCUT2D eigenvalue weighted by molar-refractivity contribution is 7.27. The Hall–Kier alpha value is -3.17. The largest absolute Gasteiger partial charge is 0.461 e. The Labute approximate surface area is 210 Å². The minimum Gasteiger partial charge on any atom is -0.461 e. The Kier molecular flexibility index (Phi) is 5.05. The molecule has 3 heterocycles. The number of rotatable bonds is 3. The molecule has 0 radical (unpaired) electrons. The van der Waals surface area contributed by atoms with Gasteiger partial charge in [0.05, 0.1) is 10.4 Å². The molecule has 0 spiro atoms. The molecule has 0 bridgehead atoms. The highest BCUT2D eigenvalue weighted by atomic mass is 32.1. The van der Waals surface area contributed by atoms with Gasteiger partial charge in [0.2, 0.25) is 0 Å². The second-order valence-electron chi connectivity index (χ2n) is 11.2. The molecule has 0 saturated carbocycles. The summed E-state index contributed by atoms with van der Waals surface area (Å²) in [5, 5.41) is 6.44. The van der Waals surface area contributed by atoms with Crippen molar-refractivity contribution >= 4 is 53.3 Å². The maximum Gasteiger partial charge on any atom is 0.136 e. The summed E-state index contributed by atoms with van der Waals surface area (Å²) >= 11 is 1.86. The first-order valence-electron chi connectivity index (χ1n) is 12.5. The number of hydrogen-bond donors (Lipinski definition) is 0. The van der Waals surface area contributed by atoms with E-state index in [0.29, 0.717) is 5.92 Å². The molecule has 3 aromatic carbocycles. The Morgan fingerprint density at radius 1 is 0.914 bits per heavy atom. The van der Waals surface area contributed by atoms with E-state index < -0.39 is 0 Å². The first-order valence-corrected chi connectivity index (χ1v) is 13.3. The van der Waals surface area contributed by atoms with Crippen LogP contribution < -0.4 is 0 Å². The normalized spacial score (nSPS) is 12.7. The van der Waals surface area contributed by atoms with Gasteiger partial charge in [-0.3, -0.25) is 4.98 Å². The van der Waals surface area contributed by atoms with Gasteiger partial charge < -0.3 is 4.42 Å². The standard InChI is InChI=1S/C32H31NOS/c1-18(2)15-25-19(3)34-27-12-11-23-24-13-14-33-29(31(24)35-30(23)28(25)27)21-16-20-9-7-8-10-22(20)26(17-21)32(4,5)6/h7-14,16-18H,15H2,1-6H3. The quantitative estimate of drug-likeness (QED) is 0.253. The van der Waals surface area contributed by atoms with Crippen LogP contribution in [0, 0.1) is 12.8 Å². The van der Waals surface area contributed by atoms with E-state index in [-0.39, 0.29) is 5.41 Å². The third kappa shape index (κ3) is 3.56. The molecular formula is C32H31NOS. The van der Waals surface area contributed by atoms with Crippen LogP contribution in [0.15, 0.2) is 65.2 Å². The fourth-order valence-corrected chi connectivity index (χ4v) is 6.82. The first-order chi connectivity index (χ1) is 16.7. The van der Waals surface area contributed by atoms with Crippen LogP contribution in [-0.2, 0) is 11.8 Å². The molecule has 176 valence electrons. The van der Waals surface area contributed by atoms with Gasteiger partial charge in [-0.15, -0.1) is 11.3 Å². The van der Waals surface area contributed by atoms with Crippen molar-refractivity contribution in [3.8, 4) is 11.3 Å². The van der Waals surface area contributed by atoms with Gasteiger partial charge in [0, 0.05) is 38.2 Å². The van der Waals surface area contributed by atoms with Crippen molar-refractivity contribution in [1.82, 2.24) is 4.98 Å². The SMILES string of the molecule is Cc1oc2ccc3c4ccnc(-c5cc(C(C)(C)C)c6ccccc6c5)c4sc3c2c1CC(C)C. The lowest BCUT2D eigenvalue weighted by Gasteiger charge is -2.22. The third-order valence-electron chi connectivity index (χ3n) is 7.06. The van der Waals surface area contributed by atoms with Gasteiger partial charge in [-0.2, -0.15) is 0 Å². The molecule has 0 unspecified atom stereocenters. The molecule has 0 fully saturated rings. The van der Waals surface area contributed by atoms with Gasteiger partial charge in [0.25, 0.3) is 0 Å². The lowest BCUT2D eigenvalue weighted by Crippen LogP contribution is -2.12. The topological polar surface area (TPSA) is 26.0 Å². The van der Waals surface area contributed by atoms with Gasteiger partial charge in [-0.1, -0.05) is 58.9 Å². The van der Waals surface area contributed by atoms with Crippen LogP contribution in [0.2, 0.25) is 0 Å². The zero-order valence-corrected chi connectivity index (χ0v) is 22.1.